The lowest BCUT2D eigenvalue weighted by Crippen LogP contribution is -2.20. The zero-order valence-electron chi connectivity index (χ0n) is 12.0. The second kappa shape index (κ2) is 8.10. The van der Waals surface area contributed by atoms with Crippen LogP contribution in [-0.2, 0) is 14.3 Å². The molecule has 2 aromatic rings. The molecule has 0 spiro atoms. The maximum atomic E-state index is 13.0. The van der Waals surface area contributed by atoms with Gasteiger partial charge in [-0.25, -0.2) is 9.18 Å². The van der Waals surface area contributed by atoms with Crippen LogP contribution in [0.3, 0.4) is 0 Å². The molecule has 0 aliphatic carbocycles. The second-order valence-corrected chi connectivity index (χ2v) is 4.94. The quantitative estimate of drug-likeness (QED) is 0.671. The fraction of sp³-hybridized carbons (Fsp3) is 0.0588. The lowest BCUT2D eigenvalue weighted by Gasteiger charge is -2.06. The molecule has 1 N–H and O–H groups in total. The smallest absolute Gasteiger partial charge is 0.331 e. The van der Waals surface area contributed by atoms with Gasteiger partial charge in [0.15, 0.2) is 6.61 Å². The maximum absolute atomic E-state index is 13.0. The van der Waals surface area contributed by atoms with E-state index in [-0.39, 0.29) is 5.02 Å². The molecule has 0 aromatic heterocycles. The van der Waals surface area contributed by atoms with E-state index in [9.17, 15) is 14.0 Å². The predicted molar refractivity (Wildman–Crippen MR) is 86.5 cm³/mol. The van der Waals surface area contributed by atoms with E-state index in [2.05, 4.69) is 5.32 Å². The second-order valence-electron chi connectivity index (χ2n) is 4.53. The molecular weight excluding hydrogens is 321 g/mol. The van der Waals surface area contributed by atoms with Gasteiger partial charge >= 0.3 is 5.97 Å². The Balaban J connectivity index is 1.80. The lowest BCUT2D eigenvalue weighted by atomic mass is 10.2. The third kappa shape index (κ3) is 5.56. The maximum Gasteiger partial charge on any atom is 0.331 e. The minimum atomic E-state index is -0.638. The lowest BCUT2D eigenvalue weighted by molar-refractivity contribution is -0.142. The number of hydrogen-bond acceptors (Lipinski definition) is 3. The summed E-state index contributed by atoms with van der Waals surface area (Å²) in [7, 11) is 0. The Kier molecular flexibility index (Phi) is 5.88. The van der Waals surface area contributed by atoms with Crippen molar-refractivity contribution in [3.05, 3.63) is 71.0 Å². The first-order valence-electron chi connectivity index (χ1n) is 6.69. The fourth-order valence-electron chi connectivity index (χ4n) is 1.68. The molecule has 0 unspecified atom stereocenters. The average molecular weight is 334 g/mol. The van der Waals surface area contributed by atoms with Gasteiger partial charge in [0.25, 0.3) is 5.91 Å². The van der Waals surface area contributed by atoms with Crippen LogP contribution >= 0.6 is 11.6 Å². The molecule has 1 amide bonds. The SMILES string of the molecule is O=C(COC(=O)/C=C/c1ccccc1)Nc1ccc(F)c(Cl)c1. The van der Waals surface area contributed by atoms with E-state index in [1.54, 1.807) is 6.08 Å². The minimum Gasteiger partial charge on any atom is -0.452 e. The number of anilines is 1. The highest BCUT2D eigenvalue weighted by Crippen LogP contribution is 2.19. The zero-order chi connectivity index (χ0) is 16.7. The van der Waals surface area contributed by atoms with Gasteiger partial charge in [-0.05, 0) is 29.8 Å². The number of carbonyl (C=O) groups is 2. The first-order valence-corrected chi connectivity index (χ1v) is 7.07. The third-order valence-electron chi connectivity index (χ3n) is 2.76. The number of halogens is 2. The van der Waals surface area contributed by atoms with Crippen LogP contribution in [0.2, 0.25) is 5.02 Å². The van der Waals surface area contributed by atoms with Crippen molar-refractivity contribution in [2.24, 2.45) is 0 Å². The summed E-state index contributed by atoms with van der Waals surface area (Å²) >= 11 is 5.60. The minimum absolute atomic E-state index is 0.106. The number of ether oxygens (including phenoxy) is 1. The van der Waals surface area contributed by atoms with E-state index in [1.807, 2.05) is 30.3 Å². The first-order chi connectivity index (χ1) is 11.0. The number of esters is 1. The molecule has 0 aliphatic rings. The van der Waals surface area contributed by atoms with E-state index < -0.39 is 24.3 Å². The molecular formula is C17H13ClFNO3. The van der Waals surface area contributed by atoms with Crippen molar-refractivity contribution in [1.82, 2.24) is 0 Å². The number of nitrogens with one attached hydrogen (secondary N) is 1. The van der Waals surface area contributed by atoms with Gasteiger partial charge < -0.3 is 10.1 Å². The summed E-state index contributed by atoms with van der Waals surface area (Å²) in [6, 6.07) is 13.0. The molecule has 0 aliphatic heterocycles. The van der Waals surface area contributed by atoms with Gasteiger partial charge in [-0.3, -0.25) is 4.79 Å². The topological polar surface area (TPSA) is 55.4 Å². The highest BCUT2D eigenvalue weighted by Gasteiger charge is 2.07. The molecule has 23 heavy (non-hydrogen) atoms. The molecule has 6 heteroatoms. The highest BCUT2D eigenvalue weighted by molar-refractivity contribution is 6.31. The Hall–Kier alpha value is -2.66. The Bertz CT molecular complexity index is 732. The molecule has 2 rings (SSSR count). The molecule has 4 nitrogen and oxygen atoms in total. The molecule has 0 saturated carbocycles. The monoisotopic (exact) mass is 333 g/mol. The predicted octanol–water partition coefficient (Wildman–Crippen LogP) is 3.67. The fourth-order valence-corrected chi connectivity index (χ4v) is 1.86. The van der Waals surface area contributed by atoms with Crippen LogP contribution in [0.5, 0.6) is 0 Å². The number of benzene rings is 2. The highest BCUT2D eigenvalue weighted by atomic mass is 35.5. The van der Waals surface area contributed by atoms with E-state index in [0.29, 0.717) is 5.69 Å². The van der Waals surface area contributed by atoms with Gasteiger partial charge in [0, 0.05) is 11.8 Å². The van der Waals surface area contributed by atoms with E-state index in [0.717, 1.165) is 11.6 Å². The van der Waals surface area contributed by atoms with Crippen LogP contribution in [0.15, 0.2) is 54.6 Å². The standard InChI is InChI=1S/C17H13ClFNO3/c18-14-10-13(7-8-15(14)19)20-16(21)11-23-17(22)9-6-12-4-2-1-3-5-12/h1-10H,11H2,(H,20,21)/b9-6+. The Morgan fingerprint density at radius 1 is 1.17 bits per heavy atom. The van der Waals surface area contributed by atoms with E-state index >= 15 is 0 Å². The van der Waals surface area contributed by atoms with Crippen LogP contribution in [0, 0.1) is 5.82 Å². The average Bonchev–Trinajstić information content (AvgIpc) is 2.55. The van der Waals surface area contributed by atoms with E-state index in [4.69, 9.17) is 16.3 Å². The Morgan fingerprint density at radius 2 is 1.91 bits per heavy atom. The van der Waals surface area contributed by atoms with Gasteiger partial charge in [-0.15, -0.1) is 0 Å². The van der Waals surface area contributed by atoms with Crippen molar-refractivity contribution >= 4 is 35.2 Å². The summed E-state index contributed by atoms with van der Waals surface area (Å²) in [6.07, 6.45) is 2.82. The molecule has 0 saturated heterocycles. The molecule has 0 heterocycles. The van der Waals surface area contributed by atoms with E-state index in [1.165, 1.54) is 18.2 Å². The van der Waals surface area contributed by atoms with Crippen molar-refractivity contribution in [2.75, 3.05) is 11.9 Å². The largest absolute Gasteiger partial charge is 0.452 e. The first kappa shape index (κ1) is 16.7. The van der Waals surface area contributed by atoms with Gasteiger partial charge in [0.1, 0.15) is 5.82 Å². The van der Waals surface area contributed by atoms with Crippen molar-refractivity contribution < 1.29 is 18.7 Å². The van der Waals surface area contributed by atoms with Crippen molar-refractivity contribution in [3.63, 3.8) is 0 Å². The van der Waals surface area contributed by atoms with Crippen LogP contribution in [0.25, 0.3) is 6.08 Å². The van der Waals surface area contributed by atoms with Gasteiger partial charge in [0.05, 0.1) is 5.02 Å². The van der Waals surface area contributed by atoms with Crippen molar-refractivity contribution in [2.45, 2.75) is 0 Å². The van der Waals surface area contributed by atoms with Crippen LogP contribution < -0.4 is 5.32 Å². The van der Waals surface area contributed by atoms with Crippen molar-refractivity contribution in [3.8, 4) is 0 Å². The number of rotatable bonds is 5. The normalized spacial score (nSPS) is 10.5. The van der Waals surface area contributed by atoms with Crippen molar-refractivity contribution in [1.29, 1.82) is 0 Å². The summed E-state index contributed by atoms with van der Waals surface area (Å²) < 4.78 is 17.8. The number of hydrogen-bond donors (Lipinski definition) is 1. The zero-order valence-corrected chi connectivity index (χ0v) is 12.7. The van der Waals surface area contributed by atoms with Crippen LogP contribution in [-0.4, -0.2) is 18.5 Å². The van der Waals surface area contributed by atoms with Gasteiger partial charge in [-0.2, -0.15) is 0 Å². The molecule has 0 bridgehead atoms. The molecule has 118 valence electrons. The van der Waals surface area contributed by atoms with Gasteiger partial charge in [-0.1, -0.05) is 41.9 Å². The molecule has 0 radical (unpaired) electrons. The summed E-state index contributed by atoms with van der Waals surface area (Å²) in [5, 5.41) is 2.34. The third-order valence-corrected chi connectivity index (χ3v) is 3.05. The number of amides is 1. The van der Waals surface area contributed by atoms with Crippen LogP contribution in [0.4, 0.5) is 10.1 Å². The summed E-state index contributed by atoms with van der Waals surface area (Å²) in [5.41, 5.74) is 1.16. The summed E-state index contributed by atoms with van der Waals surface area (Å²) in [5.74, 6) is -1.77. The Morgan fingerprint density at radius 3 is 2.61 bits per heavy atom. The Labute approximate surface area is 137 Å². The molecule has 2 aromatic carbocycles. The molecule has 0 fully saturated rings. The molecule has 0 atom stereocenters. The summed E-state index contributed by atoms with van der Waals surface area (Å²) in [4.78, 5) is 23.2. The summed E-state index contributed by atoms with van der Waals surface area (Å²) in [6.45, 7) is -0.451. The van der Waals surface area contributed by atoms with Gasteiger partial charge in [0.2, 0.25) is 0 Å². The number of carbonyl (C=O) groups excluding carboxylic acids is 2. The van der Waals surface area contributed by atoms with Crippen LogP contribution in [0.1, 0.15) is 5.56 Å².